The van der Waals surface area contributed by atoms with Crippen LogP contribution in [0.25, 0.3) is 0 Å². The highest BCUT2D eigenvalue weighted by Gasteiger charge is 2.42. The maximum absolute atomic E-state index is 12.7. The van der Waals surface area contributed by atoms with Gasteiger partial charge in [-0.15, -0.1) is 0 Å². The van der Waals surface area contributed by atoms with Crippen molar-refractivity contribution < 1.29 is 4.79 Å². The van der Waals surface area contributed by atoms with Crippen LogP contribution in [0.5, 0.6) is 0 Å². The number of piperazine rings is 1. The molecule has 2 saturated heterocycles. The summed E-state index contributed by atoms with van der Waals surface area (Å²) in [5, 5.41) is 9.13. The van der Waals surface area contributed by atoms with E-state index in [0.717, 1.165) is 25.9 Å². The Labute approximate surface area is 113 Å². The molecule has 2 bridgehead atoms. The van der Waals surface area contributed by atoms with Crippen LogP contribution < -0.4 is 0 Å². The molecule has 98 valence electrons. The van der Waals surface area contributed by atoms with Gasteiger partial charge in [-0.3, -0.25) is 4.79 Å². The van der Waals surface area contributed by atoms with Gasteiger partial charge < -0.3 is 9.80 Å². The first-order valence-electron chi connectivity index (χ1n) is 6.71. The summed E-state index contributed by atoms with van der Waals surface area (Å²) in [6.07, 6.45) is 2.16. The van der Waals surface area contributed by atoms with Crippen LogP contribution in [0.4, 0.5) is 0 Å². The molecule has 2 aliphatic rings. The molecule has 3 rings (SSSR count). The van der Waals surface area contributed by atoms with E-state index in [4.69, 9.17) is 5.26 Å². The summed E-state index contributed by atoms with van der Waals surface area (Å²) >= 11 is 0. The van der Waals surface area contributed by atoms with Crippen LogP contribution in [0, 0.1) is 11.3 Å². The molecule has 0 saturated carbocycles. The Bertz CT molecular complexity index is 535. The quantitative estimate of drug-likeness (QED) is 0.763. The molecule has 4 nitrogen and oxygen atoms in total. The third-order valence-corrected chi connectivity index (χ3v) is 4.18. The lowest BCUT2D eigenvalue weighted by atomic mass is 10.1. The summed E-state index contributed by atoms with van der Waals surface area (Å²) in [7, 11) is 2.11. The fourth-order valence-corrected chi connectivity index (χ4v) is 3.35. The number of likely N-dealkylation sites (N-methyl/N-ethyl adjacent to an activating group) is 1. The van der Waals surface area contributed by atoms with Crippen molar-refractivity contribution in [1.82, 2.24) is 9.80 Å². The van der Waals surface area contributed by atoms with Crippen molar-refractivity contribution in [2.24, 2.45) is 0 Å². The fraction of sp³-hybridized carbons (Fsp3) is 0.467. The second kappa shape index (κ2) is 4.67. The van der Waals surface area contributed by atoms with Gasteiger partial charge >= 0.3 is 0 Å². The summed E-state index contributed by atoms with van der Waals surface area (Å²) < 4.78 is 0. The van der Waals surface area contributed by atoms with Crippen molar-refractivity contribution in [3.8, 4) is 6.07 Å². The molecule has 0 spiro atoms. The monoisotopic (exact) mass is 255 g/mol. The van der Waals surface area contributed by atoms with Crippen LogP contribution in [0.2, 0.25) is 0 Å². The molecule has 2 atom stereocenters. The zero-order chi connectivity index (χ0) is 13.4. The molecule has 2 heterocycles. The largest absolute Gasteiger partial charge is 0.330 e. The van der Waals surface area contributed by atoms with Crippen molar-refractivity contribution in [3.05, 3.63) is 35.4 Å². The Morgan fingerprint density at radius 3 is 2.53 bits per heavy atom. The smallest absolute Gasteiger partial charge is 0.255 e. The Kier molecular flexibility index (Phi) is 3.00. The molecule has 1 aromatic carbocycles. The van der Waals surface area contributed by atoms with Crippen molar-refractivity contribution >= 4 is 5.91 Å². The first kappa shape index (κ1) is 12.2. The number of benzene rings is 1. The average molecular weight is 255 g/mol. The molecule has 1 aromatic rings. The van der Waals surface area contributed by atoms with Gasteiger partial charge in [-0.05, 0) is 32.0 Å². The number of nitriles is 1. The van der Waals surface area contributed by atoms with E-state index in [0.29, 0.717) is 23.2 Å². The number of hydrogen-bond donors (Lipinski definition) is 0. The van der Waals surface area contributed by atoms with E-state index in [-0.39, 0.29) is 5.91 Å². The molecule has 1 amide bonds. The van der Waals surface area contributed by atoms with Gasteiger partial charge in [0, 0.05) is 25.2 Å². The minimum Gasteiger partial charge on any atom is -0.330 e. The highest BCUT2D eigenvalue weighted by Crippen LogP contribution is 2.31. The van der Waals surface area contributed by atoms with Gasteiger partial charge in [0.2, 0.25) is 0 Å². The number of hydrogen-bond acceptors (Lipinski definition) is 3. The van der Waals surface area contributed by atoms with Gasteiger partial charge in [0.25, 0.3) is 5.91 Å². The molecule has 0 radical (unpaired) electrons. The maximum Gasteiger partial charge on any atom is 0.255 e. The van der Waals surface area contributed by atoms with Gasteiger partial charge in [-0.2, -0.15) is 5.26 Å². The van der Waals surface area contributed by atoms with Crippen LogP contribution in [0.15, 0.2) is 24.3 Å². The second-order valence-corrected chi connectivity index (χ2v) is 5.48. The first-order valence-corrected chi connectivity index (χ1v) is 6.71. The Balaban J connectivity index is 1.91. The van der Waals surface area contributed by atoms with Crippen LogP contribution in [-0.2, 0) is 0 Å². The average Bonchev–Trinajstić information content (AvgIpc) is 2.70. The zero-order valence-corrected chi connectivity index (χ0v) is 11.0. The number of carbonyl (C=O) groups is 1. The van der Waals surface area contributed by atoms with Crippen molar-refractivity contribution in [3.63, 3.8) is 0 Å². The molecule has 0 aromatic heterocycles. The number of amides is 1. The third kappa shape index (κ3) is 2.00. The number of likely N-dealkylation sites (tertiary alicyclic amines) is 1. The van der Waals surface area contributed by atoms with E-state index in [1.54, 1.807) is 18.2 Å². The van der Waals surface area contributed by atoms with Gasteiger partial charge in [0.1, 0.15) is 0 Å². The van der Waals surface area contributed by atoms with E-state index >= 15 is 0 Å². The van der Waals surface area contributed by atoms with Crippen molar-refractivity contribution in [2.75, 3.05) is 20.1 Å². The maximum atomic E-state index is 12.7. The Morgan fingerprint density at radius 1 is 1.26 bits per heavy atom. The predicted octanol–water partition coefficient (Wildman–Crippen LogP) is 1.48. The van der Waals surface area contributed by atoms with Crippen LogP contribution in [0.1, 0.15) is 28.8 Å². The zero-order valence-electron chi connectivity index (χ0n) is 11.0. The lowest BCUT2D eigenvalue weighted by molar-refractivity contribution is 0.0472. The van der Waals surface area contributed by atoms with Crippen molar-refractivity contribution in [1.29, 1.82) is 5.26 Å². The molecule has 4 heteroatoms. The molecule has 0 aliphatic carbocycles. The van der Waals surface area contributed by atoms with E-state index in [9.17, 15) is 4.79 Å². The second-order valence-electron chi connectivity index (χ2n) is 5.48. The predicted molar refractivity (Wildman–Crippen MR) is 71.6 cm³/mol. The van der Waals surface area contributed by atoms with Gasteiger partial charge in [0.15, 0.2) is 0 Å². The summed E-state index contributed by atoms with van der Waals surface area (Å²) in [5.74, 6) is 0.0257. The first-order chi connectivity index (χ1) is 9.20. The van der Waals surface area contributed by atoms with E-state index in [1.807, 2.05) is 11.0 Å². The molecule has 2 unspecified atom stereocenters. The minimum absolute atomic E-state index is 0.0257. The molecule has 2 aliphatic heterocycles. The topological polar surface area (TPSA) is 47.3 Å². The van der Waals surface area contributed by atoms with E-state index in [2.05, 4.69) is 18.0 Å². The molecule has 0 N–H and O–H groups in total. The summed E-state index contributed by atoms with van der Waals surface area (Å²) in [6.45, 7) is 1.88. The lowest BCUT2D eigenvalue weighted by Gasteiger charge is -2.39. The number of nitrogens with zero attached hydrogens (tertiary/aromatic N) is 3. The van der Waals surface area contributed by atoms with E-state index < -0.39 is 0 Å². The highest BCUT2D eigenvalue weighted by atomic mass is 16.2. The Hall–Kier alpha value is -1.86. The van der Waals surface area contributed by atoms with Crippen LogP contribution in [0.3, 0.4) is 0 Å². The standard InChI is InChI=1S/C15H17N3O/c1-17-9-12-6-7-13(10-17)18(12)15(19)14-5-3-2-4-11(14)8-16/h2-5,12-13H,6-7,9-10H2,1H3. The summed E-state index contributed by atoms with van der Waals surface area (Å²) in [4.78, 5) is 17.0. The van der Waals surface area contributed by atoms with E-state index in [1.165, 1.54) is 0 Å². The molecule has 19 heavy (non-hydrogen) atoms. The van der Waals surface area contributed by atoms with Crippen molar-refractivity contribution in [2.45, 2.75) is 24.9 Å². The number of fused-ring (bicyclic) bond motifs is 2. The molecular weight excluding hydrogens is 238 g/mol. The minimum atomic E-state index is 0.0257. The highest BCUT2D eigenvalue weighted by molar-refractivity contribution is 5.97. The lowest BCUT2D eigenvalue weighted by Crippen LogP contribution is -2.54. The molecular formula is C15H17N3O. The van der Waals surface area contributed by atoms with Gasteiger partial charge in [-0.1, -0.05) is 12.1 Å². The summed E-state index contributed by atoms with van der Waals surface area (Å²) in [5.41, 5.74) is 1.03. The van der Waals surface area contributed by atoms with Crippen LogP contribution in [-0.4, -0.2) is 47.9 Å². The fourth-order valence-electron chi connectivity index (χ4n) is 3.35. The molecule has 2 fully saturated rings. The van der Waals surface area contributed by atoms with Gasteiger partial charge in [0.05, 0.1) is 17.2 Å². The SMILES string of the molecule is CN1CC2CCC(C1)N2C(=O)c1ccccc1C#N. The van der Waals surface area contributed by atoms with Gasteiger partial charge in [-0.25, -0.2) is 0 Å². The number of carbonyl (C=O) groups excluding carboxylic acids is 1. The van der Waals surface area contributed by atoms with Crippen LogP contribution >= 0.6 is 0 Å². The third-order valence-electron chi connectivity index (χ3n) is 4.18. The summed E-state index contributed by atoms with van der Waals surface area (Å²) in [6, 6.07) is 9.83. The normalized spacial score (nSPS) is 26.2. The number of rotatable bonds is 1. The Morgan fingerprint density at radius 2 is 1.89 bits per heavy atom.